The van der Waals surface area contributed by atoms with Crippen molar-refractivity contribution in [3.8, 4) is 0 Å². The van der Waals surface area contributed by atoms with Crippen LogP contribution in [0.5, 0.6) is 0 Å². The van der Waals surface area contributed by atoms with Crippen LogP contribution in [0, 0.1) is 5.92 Å². The molecule has 6 nitrogen and oxygen atoms in total. The zero-order valence-electron chi connectivity index (χ0n) is 13.1. The largest absolute Gasteiger partial charge is 0.333 e. The van der Waals surface area contributed by atoms with Crippen molar-refractivity contribution in [3.05, 3.63) is 47.8 Å². The highest BCUT2D eigenvalue weighted by molar-refractivity contribution is 5.92. The van der Waals surface area contributed by atoms with E-state index in [1.165, 1.54) is 18.2 Å². The van der Waals surface area contributed by atoms with Gasteiger partial charge in [0.05, 0.1) is 6.20 Å². The molecular weight excluding hydrogens is 290 g/mol. The minimum atomic E-state index is 0.00927. The second kappa shape index (κ2) is 6.12. The number of benzene rings is 1. The Labute approximate surface area is 135 Å². The number of hydrogen-bond acceptors (Lipinski definition) is 4. The quantitative estimate of drug-likeness (QED) is 0.934. The Bertz CT molecular complexity index is 657. The summed E-state index contributed by atoms with van der Waals surface area (Å²) in [5, 5.41) is 10.2. The summed E-state index contributed by atoms with van der Waals surface area (Å²) in [7, 11) is 0. The summed E-state index contributed by atoms with van der Waals surface area (Å²) in [6.45, 7) is 3.80. The van der Waals surface area contributed by atoms with Gasteiger partial charge in [-0.15, -0.1) is 0 Å². The van der Waals surface area contributed by atoms with Crippen LogP contribution in [-0.2, 0) is 6.54 Å². The molecule has 3 aliphatic rings. The van der Waals surface area contributed by atoms with Crippen molar-refractivity contribution in [2.75, 3.05) is 19.6 Å². The Morgan fingerprint density at radius 1 is 1.17 bits per heavy atom. The van der Waals surface area contributed by atoms with Gasteiger partial charge in [-0.25, -0.2) is 0 Å². The third kappa shape index (κ3) is 2.99. The van der Waals surface area contributed by atoms with E-state index < -0.39 is 0 Å². The summed E-state index contributed by atoms with van der Waals surface area (Å²) in [6, 6.07) is 10.8. The van der Waals surface area contributed by atoms with E-state index in [2.05, 4.69) is 44.6 Å². The van der Waals surface area contributed by atoms with Gasteiger partial charge in [-0.3, -0.25) is 9.69 Å². The molecule has 0 saturated carbocycles. The van der Waals surface area contributed by atoms with Gasteiger partial charge >= 0.3 is 0 Å². The number of nitrogens with one attached hydrogen (secondary N) is 1. The lowest BCUT2D eigenvalue weighted by atomic mass is 9.95. The third-order valence-electron chi connectivity index (χ3n) is 4.93. The van der Waals surface area contributed by atoms with Crippen molar-refractivity contribution in [2.24, 2.45) is 5.92 Å². The molecule has 1 aromatic heterocycles. The highest BCUT2D eigenvalue weighted by atomic mass is 16.2. The number of nitrogens with zero attached hydrogens (tertiary/aromatic N) is 4. The molecule has 6 heteroatoms. The molecule has 5 rings (SSSR count). The van der Waals surface area contributed by atoms with Crippen LogP contribution in [0.2, 0.25) is 0 Å². The number of hydrogen-bond donors (Lipinski definition) is 1. The maximum absolute atomic E-state index is 12.7. The van der Waals surface area contributed by atoms with Crippen molar-refractivity contribution < 1.29 is 4.79 Å². The van der Waals surface area contributed by atoms with E-state index >= 15 is 0 Å². The topological polar surface area (TPSA) is 65.1 Å². The van der Waals surface area contributed by atoms with E-state index in [4.69, 9.17) is 0 Å². The molecule has 120 valence electrons. The lowest BCUT2D eigenvalue weighted by molar-refractivity contribution is 0.0579. The fraction of sp³-hybridized carbons (Fsp3) is 0.471. The first-order valence-electron chi connectivity index (χ1n) is 8.22. The maximum Gasteiger partial charge on any atom is 0.276 e. The second-order valence-corrected chi connectivity index (χ2v) is 6.59. The predicted molar refractivity (Wildman–Crippen MR) is 85.7 cm³/mol. The molecule has 1 N–H and O–H groups in total. The molecule has 0 radical (unpaired) electrons. The monoisotopic (exact) mass is 311 g/mol. The lowest BCUT2D eigenvalue weighted by Crippen LogP contribution is -2.47. The number of rotatable bonds is 3. The van der Waals surface area contributed by atoms with Crippen molar-refractivity contribution in [1.29, 1.82) is 0 Å². The first-order valence-corrected chi connectivity index (χ1v) is 8.22. The minimum absolute atomic E-state index is 0.00927. The summed E-state index contributed by atoms with van der Waals surface area (Å²) < 4.78 is 0. The van der Waals surface area contributed by atoms with Crippen molar-refractivity contribution in [3.63, 3.8) is 0 Å². The molecule has 3 fully saturated rings. The Kier molecular flexibility index (Phi) is 3.83. The summed E-state index contributed by atoms with van der Waals surface area (Å²) in [5.41, 5.74) is 1.76. The van der Waals surface area contributed by atoms with Gasteiger partial charge in [-0.1, -0.05) is 30.3 Å². The second-order valence-electron chi connectivity index (χ2n) is 6.59. The molecule has 4 heterocycles. The summed E-state index contributed by atoms with van der Waals surface area (Å²) in [4.78, 5) is 17.2. The molecule has 0 spiro atoms. The van der Waals surface area contributed by atoms with Crippen molar-refractivity contribution in [2.45, 2.75) is 25.4 Å². The summed E-state index contributed by atoms with van der Waals surface area (Å²) >= 11 is 0. The molecule has 2 atom stereocenters. The van der Waals surface area contributed by atoms with Gasteiger partial charge in [0.25, 0.3) is 5.91 Å². The minimum Gasteiger partial charge on any atom is -0.333 e. The smallest absolute Gasteiger partial charge is 0.276 e. The standard InChI is InChI=1S/C17H21N5O/c23-17(16-8-18-20-19-16)22-11-14-6-7-15(22)12-21(10-14)9-13-4-2-1-3-5-13/h1-5,8,14-15H,6-7,9-12H2,(H,18,19,20)/t14-,15+/m1/s1. The highest BCUT2D eigenvalue weighted by Gasteiger charge is 2.37. The van der Waals surface area contributed by atoms with Crippen LogP contribution < -0.4 is 0 Å². The van der Waals surface area contributed by atoms with Gasteiger partial charge in [0, 0.05) is 32.2 Å². The number of H-pyrrole nitrogens is 1. The molecule has 1 amide bonds. The van der Waals surface area contributed by atoms with Gasteiger partial charge in [-0.2, -0.15) is 15.4 Å². The Balaban J connectivity index is 1.49. The van der Waals surface area contributed by atoms with Crippen LogP contribution in [0.1, 0.15) is 28.9 Å². The fourth-order valence-corrected chi connectivity index (χ4v) is 3.85. The number of amides is 1. The maximum atomic E-state index is 12.7. The predicted octanol–water partition coefficient (Wildman–Crippen LogP) is 1.54. The molecule has 23 heavy (non-hydrogen) atoms. The van der Waals surface area contributed by atoms with E-state index in [0.29, 0.717) is 11.6 Å². The van der Waals surface area contributed by atoms with Gasteiger partial charge in [0.15, 0.2) is 5.69 Å². The molecule has 3 saturated heterocycles. The molecule has 2 aromatic rings. The van der Waals surface area contributed by atoms with Crippen molar-refractivity contribution in [1.82, 2.24) is 25.2 Å². The van der Waals surface area contributed by atoms with Crippen LogP contribution in [0.3, 0.4) is 0 Å². The number of carbonyl (C=O) groups excluding carboxylic acids is 1. The summed E-state index contributed by atoms with van der Waals surface area (Å²) in [5.74, 6) is 0.559. The van der Waals surface area contributed by atoms with Crippen molar-refractivity contribution >= 4 is 5.91 Å². The molecule has 0 aliphatic carbocycles. The number of aromatic amines is 1. The van der Waals surface area contributed by atoms with Crippen LogP contribution in [0.4, 0.5) is 0 Å². The average Bonchev–Trinajstić information content (AvgIpc) is 2.98. The van der Waals surface area contributed by atoms with Crippen LogP contribution in [-0.4, -0.2) is 56.8 Å². The zero-order chi connectivity index (χ0) is 15.6. The van der Waals surface area contributed by atoms with Crippen LogP contribution in [0.15, 0.2) is 36.5 Å². The van der Waals surface area contributed by atoms with E-state index in [1.54, 1.807) is 0 Å². The average molecular weight is 311 g/mol. The molecule has 3 aliphatic heterocycles. The number of carbonyl (C=O) groups is 1. The van der Waals surface area contributed by atoms with Gasteiger partial charge in [0.2, 0.25) is 0 Å². The van der Waals surface area contributed by atoms with Crippen LogP contribution in [0.25, 0.3) is 0 Å². The summed E-state index contributed by atoms with van der Waals surface area (Å²) in [6.07, 6.45) is 3.81. The first kappa shape index (κ1) is 14.4. The van der Waals surface area contributed by atoms with E-state index in [-0.39, 0.29) is 11.9 Å². The Hall–Kier alpha value is -2.21. The fourth-order valence-electron chi connectivity index (χ4n) is 3.85. The zero-order valence-corrected chi connectivity index (χ0v) is 13.1. The van der Waals surface area contributed by atoms with E-state index in [1.807, 2.05) is 11.0 Å². The molecule has 0 unspecified atom stereocenters. The first-order chi connectivity index (χ1) is 11.3. The molecular formula is C17H21N5O. The van der Waals surface area contributed by atoms with E-state index in [0.717, 1.165) is 32.6 Å². The lowest BCUT2D eigenvalue weighted by Gasteiger charge is -2.35. The Morgan fingerprint density at radius 3 is 2.83 bits per heavy atom. The number of piperidine rings is 1. The van der Waals surface area contributed by atoms with Gasteiger partial charge < -0.3 is 4.90 Å². The third-order valence-corrected chi connectivity index (χ3v) is 4.93. The Morgan fingerprint density at radius 2 is 2.04 bits per heavy atom. The van der Waals surface area contributed by atoms with Gasteiger partial charge in [0.1, 0.15) is 0 Å². The van der Waals surface area contributed by atoms with Gasteiger partial charge in [-0.05, 0) is 24.3 Å². The van der Waals surface area contributed by atoms with E-state index in [9.17, 15) is 4.79 Å². The SMILES string of the molecule is O=C(c1cn[nH]n1)N1C[C@@H]2CC[C@H]1CN(Cc1ccccc1)C2. The number of fused-ring (bicyclic) bond motifs is 4. The normalized spacial score (nSPS) is 24.6. The number of aromatic nitrogens is 3. The van der Waals surface area contributed by atoms with Crippen LogP contribution >= 0.6 is 0 Å². The highest BCUT2D eigenvalue weighted by Crippen LogP contribution is 2.29. The molecule has 2 bridgehead atoms. The molecule has 1 aromatic carbocycles.